The van der Waals surface area contributed by atoms with E-state index >= 15 is 0 Å². The van der Waals surface area contributed by atoms with Crippen molar-refractivity contribution in [2.45, 2.75) is 51.2 Å². The van der Waals surface area contributed by atoms with Gasteiger partial charge in [-0.15, -0.1) is 0 Å². The highest BCUT2D eigenvalue weighted by Crippen LogP contribution is 2.28. The third-order valence-corrected chi connectivity index (χ3v) is 3.76. The number of aromatic amines is 1. The van der Waals surface area contributed by atoms with E-state index in [1.165, 1.54) is 12.8 Å². The Bertz CT molecular complexity index is 438. The SMILES string of the molecule is CCCN(C(=O)C1Cc2nc[nH]c2CN1)C1CC1. The third kappa shape index (κ3) is 2.14. The summed E-state index contributed by atoms with van der Waals surface area (Å²) in [7, 11) is 0. The van der Waals surface area contributed by atoms with Crippen LogP contribution in [0.5, 0.6) is 0 Å². The molecule has 1 aliphatic carbocycles. The van der Waals surface area contributed by atoms with Gasteiger partial charge in [0.05, 0.1) is 23.8 Å². The summed E-state index contributed by atoms with van der Waals surface area (Å²) in [4.78, 5) is 22.0. The number of nitrogens with zero attached hydrogens (tertiary/aromatic N) is 2. The Morgan fingerprint density at radius 3 is 3.11 bits per heavy atom. The number of rotatable bonds is 4. The van der Waals surface area contributed by atoms with Crippen molar-refractivity contribution in [1.82, 2.24) is 20.2 Å². The fraction of sp³-hybridized carbons (Fsp3) is 0.692. The first kappa shape index (κ1) is 11.7. The van der Waals surface area contributed by atoms with Crippen LogP contribution < -0.4 is 5.32 Å². The Balaban J connectivity index is 1.69. The Kier molecular flexibility index (Phi) is 3.07. The van der Waals surface area contributed by atoms with E-state index in [2.05, 4.69) is 27.1 Å². The topological polar surface area (TPSA) is 61.0 Å². The summed E-state index contributed by atoms with van der Waals surface area (Å²) in [5.74, 6) is 0.257. The van der Waals surface area contributed by atoms with Gasteiger partial charge in [0.25, 0.3) is 0 Å². The molecule has 1 fully saturated rings. The highest BCUT2D eigenvalue weighted by Gasteiger charge is 2.36. The van der Waals surface area contributed by atoms with Crippen molar-refractivity contribution >= 4 is 5.91 Å². The van der Waals surface area contributed by atoms with E-state index in [0.717, 1.165) is 30.9 Å². The molecule has 1 unspecified atom stereocenters. The zero-order valence-electron chi connectivity index (χ0n) is 10.8. The maximum Gasteiger partial charge on any atom is 0.240 e. The molecule has 1 aliphatic heterocycles. The lowest BCUT2D eigenvalue weighted by Crippen LogP contribution is -2.50. The molecule has 1 atom stereocenters. The number of hydrogen-bond donors (Lipinski definition) is 2. The van der Waals surface area contributed by atoms with E-state index in [4.69, 9.17) is 0 Å². The van der Waals surface area contributed by atoms with Crippen molar-refractivity contribution in [3.8, 4) is 0 Å². The number of carbonyl (C=O) groups is 1. The number of hydrogen-bond acceptors (Lipinski definition) is 3. The van der Waals surface area contributed by atoms with Crippen LogP contribution in [0.1, 0.15) is 37.6 Å². The van der Waals surface area contributed by atoms with Gasteiger partial charge in [-0.3, -0.25) is 10.1 Å². The van der Waals surface area contributed by atoms with Crippen molar-refractivity contribution in [3.63, 3.8) is 0 Å². The number of fused-ring (bicyclic) bond motifs is 1. The number of nitrogens with one attached hydrogen (secondary N) is 2. The molecule has 2 N–H and O–H groups in total. The molecule has 1 amide bonds. The summed E-state index contributed by atoms with van der Waals surface area (Å²) in [6.07, 6.45) is 5.80. The van der Waals surface area contributed by atoms with Gasteiger partial charge >= 0.3 is 0 Å². The fourth-order valence-electron chi connectivity index (χ4n) is 2.64. The molecule has 98 valence electrons. The van der Waals surface area contributed by atoms with Crippen LogP contribution in [0.15, 0.2) is 6.33 Å². The molecule has 0 radical (unpaired) electrons. The summed E-state index contributed by atoms with van der Waals surface area (Å²) >= 11 is 0. The lowest BCUT2D eigenvalue weighted by atomic mass is 10.0. The number of H-pyrrole nitrogens is 1. The van der Waals surface area contributed by atoms with Crippen molar-refractivity contribution in [3.05, 3.63) is 17.7 Å². The van der Waals surface area contributed by atoms with Gasteiger partial charge in [-0.1, -0.05) is 6.92 Å². The molecule has 1 aromatic heterocycles. The Hall–Kier alpha value is -1.36. The largest absolute Gasteiger partial charge is 0.347 e. The van der Waals surface area contributed by atoms with E-state index in [1.807, 2.05) is 0 Å². The summed E-state index contributed by atoms with van der Waals surface area (Å²) in [5, 5.41) is 3.32. The molecule has 18 heavy (non-hydrogen) atoms. The molecule has 0 bridgehead atoms. The lowest BCUT2D eigenvalue weighted by molar-refractivity contribution is -0.134. The van der Waals surface area contributed by atoms with E-state index < -0.39 is 0 Å². The number of aromatic nitrogens is 2. The van der Waals surface area contributed by atoms with E-state index in [9.17, 15) is 4.79 Å². The standard InChI is InChI=1S/C13H20N4O/c1-2-5-17(9-3-4-9)13(18)11-6-10-12(7-14-11)16-8-15-10/h8-9,11,14H,2-7H2,1H3,(H,15,16). The second-order valence-corrected chi connectivity index (χ2v) is 5.23. The lowest BCUT2D eigenvalue weighted by Gasteiger charge is -2.29. The Labute approximate surface area is 107 Å². The Morgan fingerprint density at radius 1 is 1.56 bits per heavy atom. The van der Waals surface area contributed by atoms with Gasteiger partial charge in [-0.05, 0) is 19.3 Å². The molecule has 2 heterocycles. The summed E-state index contributed by atoms with van der Waals surface area (Å²) in [6.45, 7) is 3.73. The summed E-state index contributed by atoms with van der Waals surface area (Å²) in [6, 6.07) is 0.410. The van der Waals surface area contributed by atoms with Crippen LogP contribution in [0.2, 0.25) is 0 Å². The van der Waals surface area contributed by atoms with Crippen LogP contribution in [0, 0.1) is 0 Å². The molecule has 5 nitrogen and oxygen atoms in total. The predicted octanol–water partition coefficient (Wildman–Crippen LogP) is 0.825. The summed E-state index contributed by atoms with van der Waals surface area (Å²) in [5.41, 5.74) is 2.16. The number of carbonyl (C=O) groups excluding carboxylic acids is 1. The zero-order valence-corrected chi connectivity index (χ0v) is 10.8. The van der Waals surface area contributed by atoms with E-state index in [1.54, 1.807) is 6.33 Å². The molecular formula is C13H20N4O. The fourth-order valence-corrected chi connectivity index (χ4v) is 2.64. The average Bonchev–Trinajstić information content (AvgIpc) is 3.12. The second-order valence-electron chi connectivity index (χ2n) is 5.23. The van der Waals surface area contributed by atoms with Crippen molar-refractivity contribution in [1.29, 1.82) is 0 Å². The maximum atomic E-state index is 12.5. The van der Waals surface area contributed by atoms with Gasteiger partial charge in [0.2, 0.25) is 5.91 Å². The first-order valence-electron chi connectivity index (χ1n) is 6.84. The minimum atomic E-state index is -0.0899. The highest BCUT2D eigenvalue weighted by molar-refractivity contribution is 5.83. The van der Waals surface area contributed by atoms with Crippen molar-refractivity contribution < 1.29 is 4.79 Å². The van der Waals surface area contributed by atoms with Gasteiger partial charge in [-0.25, -0.2) is 4.98 Å². The van der Waals surface area contributed by atoms with Gasteiger partial charge in [0.1, 0.15) is 0 Å². The highest BCUT2D eigenvalue weighted by atomic mass is 16.2. The van der Waals surface area contributed by atoms with Gasteiger partial charge in [-0.2, -0.15) is 0 Å². The molecule has 0 spiro atoms. The van der Waals surface area contributed by atoms with E-state index in [0.29, 0.717) is 12.5 Å². The molecular weight excluding hydrogens is 228 g/mol. The number of imidazole rings is 1. The average molecular weight is 248 g/mol. The van der Waals surface area contributed by atoms with Crippen LogP contribution >= 0.6 is 0 Å². The van der Waals surface area contributed by atoms with Crippen LogP contribution in [-0.2, 0) is 17.8 Å². The smallest absolute Gasteiger partial charge is 0.240 e. The molecule has 0 aromatic carbocycles. The predicted molar refractivity (Wildman–Crippen MR) is 67.9 cm³/mol. The van der Waals surface area contributed by atoms with Gasteiger partial charge < -0.3 is 9.88 Å². The molecule has 0 saturated heterocycles. The maximum absolute atomic E-state index is 12.5. The summed E-state index contributed by atoms with van der Waals surface area (Å²) < 4.78 is 0. The van der Waals surface area contributed by atoms with Crippen LogP contribution in [0.25, 0.3) is 0 Å². The molecule has 1 aromatic rings. The second kappa shape index (κ2) is 4.72. The minimum absolute atomic E-state index is 0.0899. The normalized spacial score (nSPS) is 22.6. The van der Waals surface area contributed by atoms with Gasteiger partial charge in [0.15, 0.2) is 0 Å². The van der Waals surface area contributed by atoms with E-state index in [-0.39, 0.29) is 11.9 Å². The Morgan fingerprint density at radius 2 is 2.39 bits per heavy atom. The molecule has 3 rings (SSSR count). The first-order valence-corrected chi connectivity index (χ1v) is 6.84. The van der Waals surface area contributed by atoms with Crippen LogP contribution in [0.3, 0.4) is 0 Å². The minimum Gasteiger partial charge on any atom is -0.347 e. The van der Waals surface area contributed by atoms with Crippen molar-refractivity contribution in [2.75, 3.05) is 6.54 Å². The zero-order chi connectivity index (χ0) is 12.5. The molecule has 2 aliphatic rings. The van der Waals surface area contributed by atoms with Crippen molar-refractivity contribution in [2.24, 2.45) is 0 Å². The molecule has 1 saturated carbocycles. The number of amides is 1. The third-order valence-electron chi connectivity index (χ3n) is 3.76. The monoisotopic (exact) mass is 248 g/mol. The van der Waals surface area contributed by atoms with Crippen LogP contribution in [-0.4, -0.2) is 39.4 Å². The molecule has 5 heteroatoms. The quantitative estimate of drug-likeness (QED) is 0.829. The van der Waals surface area contributed by atoms with Crippen LogP contribution in [0.4, 0.5) is 0 Å². The van der Waals surface area contributed by atoms with Gasteiger partial charge in [0, 0.05) is 25.6 Å². The first-order chi connectivity index (χ1) is 8.79.